The average Bonchev–Trinajstić information content (AvgIpc) is 2.91. The number of aryl methyl sites for hydroxylation is 1. The van der Waals surface area contributed by atoms with E-state index in [0.29, 0.717) is 0 Å². The fourth-order valence-corrected chi connectivity index (χ4v) is 2.26. The van der Waals surface area contributed by atoms with Gasteiger partial charge in [-0.15, -0.1) is 5.10 Å². The van der Waals surface area contributed by atoms with Crippen molar-refractivity contribution in [3.8, 4) is 0 Å². The molecule has 1 aromatic carbocycles. The molecule has 114 valence electrons. The van der Waals surface area contributed by atoms with E-state index in [1.807, 2.05) is 10.9 Å². The second-order valence-electron chi connectivity index (χ2n) is 5.48. The molecule has 0 saturated carbocycles. The van der Waals surface area contributed by atoms with E-state index in [2.05, 4.69) is 65.7 Å². The Bertz CT molecular complexity index is 549. The van der Waals surface area contributed by atoms with E-state index in [1.54, 1.807) is 0 Å². The lowest BCUT2D eigenvalue weighted by molar-refractivity contribution is 0.304. The fraction of sp³-hybridized carbons (Fsp3) is 0.500. The molecule has 0 radical (unpaired) electrons. The van der Waals surface area contributed by atoms with Gasteiger partial charge in [-0.1, -0.05) is 42.0 Å². The number of nitrogens with zero attached hydrogens (tertiary/aromatic N) is 4. The molecule has 0 fully saturated rings. The van der Waals surface area contributed by atoms with Crippen molar-refractivity contribution in [2.45, 2.75) is 33.5 Å². The molecule has 5 nitrogen and oxygen atoms in total. The third kappa shape index (κ3) is 5.28. The molecule has 0 unspecified atom stereocenters. The zero-order valence-electron chi connectivity index (χ0n) is 13.2. The number of hydrogen-bond donors (Lipinski definition) is 1. The van der Waals surface area contributed by atoms with Crippen LogP contribution in [0.3, 0.4) is 0 Å². The first-order valence-corrected chi connectivity index (χ1v) is 7.51. The Morgan fingerprint density at radius 3 is 2.95 bits per heavy atom. The van der Waals surface area contributed by atoms with Crippen LogP contribution in [0.1, 0.15) is 23.7 Å². The molecule has 0 aliphatic heterocycles. The van der Waals surface area contributed by atoms with Gasteiger partial charge in [-0.2, -0.15) is 0 Å². The van der Waals surface area contributed by atoms with Gasteiger partial charge in [0.05, 0.1) is 12.2 Å². The van der Waals surface area contributed by atoms with Gasteiger partial charge >= 0.3 is 0 Å². The highest BCUT2D eigenvalue weighted by atomic mass is 15.4. The molecule has 1 N–H and O–H groups in total. The van der Waals surface area contributed by atoms with E-state index in [1.165, 1.54) is 11.1 Å². The third-order valence-corrected chi connectivity index (χ3v) is 3.39. The van der Waals surface area contributed by atoms with Crippen molar-refractivity contribution < 1.29 is 0 Å². The predicted molar refractivity (Wildman–Crippen MR) is 84.9 cm³/mol. The van der Waals surface area contributed by atoms with Gasteiger partial charge in [0, 0.05) is 25.8 Å². The SMILES string of the molecule is CCNCc1cn(CCN(C)Cc2cccc(C)c2)nn1. The van der Waals surface area contributed by atoms with Crippen LogP contribution in [-0.2, 0) is 19.6 Å². The minimum atomic E-state index is 0.787. The smallest absolute Gasteiger partial charge is 0.0964 e. The highest BCUT2D eigenvalue weighted by molar-refractivity contribution is 5.21. The van der Waals surface area contributed by atoms with Gasteiger partial charge in [0.1, 0.15) is 0 Å². The molecular weight excluding hydrogens is 262 g/mol. The summed E-state index contributed by atoms with van der Waals surface area (Å²) in [5.74, 6) is 0. The van der Waals surface area contributed by atoms with Gasteiger partial charge < -0.3 is 10.2 Å². The Morgan fingerprint density at radius 2 is 2.19 bits per heavy atom. The summed E-state index contributed by atoms with van der Waals surface area (Å²) < 4.78 is 1.92. The molecule has 0 saturated heterocycles. The topological polar surface area (TPSA) is 46.0 Å². The van der Waals surface area contributed by atoms with Gasteiger partial charge in [-0.3, -0.25) is 4.68 Å². The van der Waals surface area contributed by atoms with Gasteiger partial charge in [0.2, 0.25) is 0 Å². The van der Waals surface area contributed by atoms with Gasteiger partial charge in [0.25, 0.3) is 0 Å². The summed E-state index contributed by atoms with van der Waals surface area (Å²) in [6.07, 6.45) is 2.02. The number of rotatable bonds is 8. The molecule has 1 heterocycles. The molecular formula is C16H25N5. The van der Waals surface area contributed by atoms with Crippen LogP contribution in [0.5, 0.6) is 0 Å². The van der Waals surface area contributed by atoms with Gasteiger partial charge in [-0.05, 0) is 26.1 Å². The number of nitrogens with one attached hydrogen (secondary N) is 1. The maximum absolute atomic E-state index is 4.16. The molecule has 21 heavy (non-hydrogen) atoms. The van der Waals surface area contributed by atoms with Crippen molar-refractivity contribution in [1.29, 1.82) is 0 Å². The Hall–Kier alpha value is -1.72. The first kappa shape index (κ1) is 15.7. The number of aromatic nitrogens is 3. The molecule has 0 aliphatic rings. The highest BCUT2D eigenvalue weighted by Gasteiger charge is 2.03. The summed E-state index contributed by atoms with van der Waals surface area (Å²) in [5.41, 5.74) is 3.66. The van der Waals surface area contributed by atoms with Crippen LogP contribution >= 0.6 is 0 Å². The second-order valence-corrected chi connectivity index (χ2v) is 5.48. The summed E-state index contributed by atoms with van der Waals surface area (Å²) in [7, 11) is 2.14. The van der Waals surface area contributed by atoms with Crippen LogP contribution in [0.4, 0.5) is 0 Å². The maximum Gasteiger partial charge on any atom is 0.0964 e. The third-order valence-electron chi connectivity index (χ3n) is 3.39. The molecule has 5 heteroatoms. The van der Waals surface area contributed by atoms with Gasteiger partial charge in [0.15, 0.2) is 0 Å². The molecule has 0 spiro atoms. The van der Waals surface area contributed by atoms with Crippen LogP contribution in [0, 0.1) is 6.92 Å². The second kappa shape index (κ2) is 7.90. The van der Waals surface area contributed by atoms with E-state index < -0.39 is 0 Å². The zero-order valence-corrected chi connectivity index (χ0v) is 13.2. The first-order valence-electron chi connectivity index (χ1n) is 7.51. The molecule has 0 amide bonds. The van der Waals surface area contributed by atoms with Crippen LogP contribution in [0.2, 0.25) is 0 Å². The van der Waals surface area contributed by atoms with E-state index in [9.17, 15) is 0 Å². The maximum atomic E-state index is 4.16. The Balaban J connectivity index is 1.78. The van der Waals surface area contributed by atoms with Crippen molar-refractivity contribution in [2.75, 3.05) is 20.1 Å². The minimum absolute atomic E-state index is 0.787. The number of likely N-dealkylation sites (N-methyl/N-ethyl adjacent to an activating group) is 1. The first-order chi connectivity index (χ1) is 10.2. The lowest BCUT2D eigenvalue weighted by atomic mass is 10.1. The zero-order chi connectivity index (χ0) is 15.1. The van der Waals surface area contributed by atoms with Crippen LogP contribution in [-0.4, -0.2) is 40.0 Å². The Kier molecular flexibility index (Phi) is 5.90. The van der Waals surface area contributed by atoms with Crippen molar-refractivity contribution in [1.82, 2.24) is 25.2 Å². The Morgan fingerprint density at radius 1 is 1.33 bits per heavy atom. The highest BCUT2D eigenvalue weighted by Crippen LogP contribution is 2.06. The van der Waals surface area contributed by atoms with E-state index in [0.717, 1.165) is 38.4 Å². The fourth-order valence-electron chi connectivity index (χ4n) is 2.26. The summed E-state index contributed by atoms with van der Waals surface area (Å²) in [4.78, 5) is 2.31. The molecule has 1 aromatic heterocycles. The average molecular weight is 287 g/mol. The molecule has 2 aromatic rings. The van der Waals surface area contributed by atoms with E-state index in [4.69, 9.17) is 0 Å². The summed E-state index contributed by atoms with van der Waals surface area (Å²) in [6, 6.07) is 8.65. The summed E-state index contributed by atoms with van der Waals surface area (Å²) >= 11 is 0. The monoisotopic (exact) mass is 287 g/mol. The predicted octanol–water partition coefficient (Wildman–Crippen LogP) is 1.83. The normalized spacial score (nSPS) is 11.2. The quantitative estimate of drug-likeness (QED) is 0.804. The van der Waals surface area contributed by atoms with E-state index in [-0.39, 0.29) is 0 Å². The summed E-state index contributed by atoms with van der Waals surface area (Å²) in [5, 5.41) is 11.6. The molecule has 0 bridgehead atoms. The molecule has 0 atom stereocenters. The van der Waals surface area contributed by atoms with E-state index >= 15 is 0 Å². The van der Waals surface area contributed by atoms with Crippen molar-refractivity contribution in [3.63, 3.8) is 0 Å². The van der Waals surface area contributed by atoms with Crippen LogP contribution in [0.15, 0.2) is 30.5 Å². The van der Waals surface area contributed by atoms with Crippen LogP contribution in [0.25, 0.3) is 0 Å². The minimum Gasteiger partial charge on any atom is -0.311 e. The van der Waals surface area contributed by atoms with Crippen molar-refractivity contribution >= 4 is 0 Å². The Labute approximate surface area is 127 Å². The molecule has 0 aliphatic carbocycles. The summed E-state index contributed by atoms with van der Waals surface area (Å²) in [6.45, 7) is 8.73. The largest absolute Gasteiger partial charge is 0.311 e. The molecule has 2 rings (SSSR count). The van der Waals surface area contributed by atoms with Crippen molar-refractivity contribution in [3.05, 3.63) is 47.3 Å². The van der Waals surface area contributed by atoms with Gasteiger partial charge in [-0.25, -0.2) is 0 Å². The number of benzene rings is 1. The lowest BCUT2D eigenvalue weighted by Crippen LogP contribution is -2.23. The lowest BCUT2D eigenvalue weighted by Gasteiger charge is -2.16. The standard InChI is InChI=1S/C16H25N5/c1-4-17-11-16-13-21(19-18-16)9-8-20(3)12-15-7-5-6-14(2)10-15/h5-7,10,13,17H,4,8-9,11-12H2,1-3H3. The number of hydrogen-bond acceptors (Lipinski definition) is 4. The van der Waals surface area contributed by atoms with Crippen molar-refractivity contribution in [2.24, 2.45) is 0 Å². The van der Waals surface area contributed by atoms with Crippen LogP contribution < -0.4 is 5.32 Å².